The number of ether oxygens (including phenoxy) is 1. The largest absolute Gasteiger partial charge is 0.507 e. The molecule has 30 heavy (non-hydrogen) atoms. The molecule has 2 aromatic rings. The zero-order valence-electron chi connectivity index (χ0n) is 15.9. The van der Waals surface area contributed by atoms with Crippen LogP contribution in [-0.4, -0.2) is 78.7 Å². The minimum Gasteiger partial charge on any atom is -0.507 e. The van der Waals surface area contributed by atoms with Gasteiger partial charge in [0.25, 0.3) is 0 Å². The topological polar surface area (TPSA) is 168 Å². The molecule has 7 N–H and O–H groups in total. The van der Waals surface area contributed by atoms with Crippen molar-refractivity contribution in [3.8, 4) is 11.5 Å². The molecule has 4 rings (SSSR count). The summed E-state index contributed by atoms with van der Waals surface area (Å²) < 4.78 is 5.61. The first-order valence-electron chi connectivity index (χ1n) is 9.37. The highest BCUT2D eigenvalue weighted by Gasteiger charge is 2.57. The van der Waals surface area contributed by atoms with E-state index in [9.17, 15) is 40.5 Å². The lowest BCUT2D eigenvalue weighted by Crippen LogP contribution is -2.65. The van der Waals surface area contributed by atoms with Crippen molar-refractivity contribution in [3.63, 3.8) is 0 Å². The molecule has 0 aromatic heterocycles. The number of phenols is 2. The first kappa shape index (κ1) is 20.7. The molecule has 0 amide bonds. The van der Waals surface area contributed by atoms with Gasteiger partial charge in [0.2, 0.25) is 5.78 Å². The summed E-state index contributed by atoms with van der Waals surface area (Å²) in [5.74, 6) is -1.62. The van der Waals surface area contributed by atoms with Gasteiger partial charge >= 0.3 is 0 Å². The van der Waals surface area contributed by atoms with Crippen LogP contribution in [0.3, 0.4) is 0 Å². The first-order valence-corrected chi connectivity index (χ1v) is 9.37. The van der Waals surface area contributed by atoms with E-state index in [1.54, 1.807) is 6.92 Å². The highest BCUT2D eigenvalue weighted by Crippen LogP contribution is 2.50. The van der Waals surface area contributed by atoms with Crippen LogP contribution in [0.2, 0.25) is 0 Å². The Hall–Kier alpha value is -2.53. The summed E-state index contributed by atoms with van der Waals surface area (Å²) in [6.45, 7) is 0.908. The van der Waals surface area contributed by atoms with Crippen molar-refractivity contribution >= 4 is 5.78 Å². The first-order chi connectivity index (χ1) is 14.1. The lowest BCUT2D eigenvalue weighted by Gasteiger charge is -2.49. The van der Waals surface area contributed by atoms with Crippen molar-refractivity contribution < 1.29 is 45.3 Å². The second-order valence-electron chi connectivity index (χ2n) is 7.75. The van der Waals surface area contributed by atoms with Crippen LogP contribution in [0.15, 0.2) is 30.3 Å². The fourth-order valence-electron chi connectivity index (χ4n) is 4.43. The number of aryl methyl sites for hydroxylation is 1. The Morgan fingerprint density at radius 2 is 1.63 bits per heavy atom. The van der Waals surface area contributed by atoms with Gasteiger partial charge in [0.05, 0.1) is 17.7 Å². The Labute approximate surface area is 171 Å². The number of ketones is 1. The van der Waals surface area contributed by atoms with E-state index in [1.165, 1.54) is 30.3 Å². The van der Waals surface area contributed by atoms with Crippen molar-refractivity contribution in [2.24, 2.45) is 0 Å². The summed E-state index contributed by atoms with van der Waals surface area (Å²) in [7, 11) is 0. The van der Waals surface area contributed by atoms with Gasteiger partial charge < -0.3 is 40.5 Å². The van der Waals surface area contributed by atoms with Crippen LogP contribution in [0, 0.1) is 6.92 Å². The number of aromatic hydroxyl groups is 2. The second kappa shape index (κ2) is 7.02. The average Bonchev–Trinajstić information content (AvgIpc) is 2.70. The van der Waals surface area contributed by atoms with E-state index in [-0.39, 0.29) is 22.3 Å². The third-order valence-corrected chi connectivity index (χ3v) is 5.88. The number of fused-ring (bicyclic) bond motifs is 2. The van der Waals surface area contributed by atoms with Gasteiger partial charge in [0.15, 0.2) is 0 Å². The maximum atomic E-state index is 13.1. The molecule has 0 saturated carbocycles. The van der Waals surface area contributed by atoms with Crippen molar-refractivity contribution in [1.82, 2.24) is 0 Å². The summed E-state index contributed by atoms with van der Waals surface area (Å²) in [6, 6.07) is 6.73. The quantitative estimate of drug-likeness (QED) is 0.324. The van der Waals surface area contributed by atoms with E-state index in [2.05, 4.69) is 0 Å². The van der Waals surface area contributed by atoms with Gasteiger partial charge in [-0.1, -0.05) is 18.2 Å². The summed E-state index contributed by atoms with van der Waals surface area (Å²) in [5, 5.41) is 73.3. The molecule has 0 bridgehead atoms. The highest BCUT2D eigenvalue weighted by molar-refractivity contribution is 6.16. The number of carbonyl (C=O) groups is 1. The van der Waals surface area contributed by atoms with Crippen molar-refractivity contribution in [2.45, 2.75) is 43.0 Å². The molecule has 1 saturated heterocycles. The molecule has 6 atom stereocenters. The number of hydrogen-bond donors (Lipinski definition) is 7. The van der Waals surface area contributed by atoms with E-state index in [0.717, 1.165) is 0 Å². The zero-order valence-corrected chi connectivity index (χ0v) is 15.9. The number of rotatable bonds is 2. The Morgan fingerprint density at radius 1 is 0.967 bits per heavy atom. The molecule has 9 nitrogen and oxygen atoms in total. The molecule has 1 heterocycles. The molecule has 1 aliphatic heterocycles. The lowest BCUT2D eigenvalue weighted by molar-refractivity contribution is -0.265. The fraction of sp³-hybridized carbons (Fsp3) is 0.381. The average molecular weight is 418 g/mol. The molecular formula is C21H22O9. The van der Waals surface area contributed by atoms with Crippen molar-refractivity contribution in [3.05, 3.63) is 58.1 Å². The minimum absolute atomic E-state index is 0.0903. The number of phenolic OH excluding ortho intramolecular Hbond substituents is 2. The number of benzene rings is 2. The van der Waals surface area contributed by atoms with Gasteiger partial charge in [-0.25, -0.2) is 0 Å². The van der Waals surface area contributed by atoms with Crippen LogP contribution < -0.4 is 0 Å². The Bertz CT molecular complexity index is 1020. The van der Waals surface area contributed by atoms with Gasteiger partial charge in [-0.05, 0) is 24.6 Å². The van der Waals surface area contributed by atoms with E-state index in [4.69, 9.17) is 4.74 Å². The highest BCUT2D eigenvalue weighted by atomic mass is 16.6. The third-order valence-electron chi connectivity index (χ3n) is 5.88. The number of aliphatic hydroxyl groups is 5. The zero-order chi connectivity index (χ0) is 22.0. The summed E-state index contributed by atoms with van der Waals surface area (Å²) in [6.07, 6.45) is -8.21. The maximum Gasteiger partial charge on any atom is 0.201 e. The maximum absolute atomic E-state index is 13.1. The Balaban J connectivity index is 2.03. The van der Waals surface area contributed by atoms with Crippen LogP contribution in [0.5, 0.6) is 11.5 Å². The third kappa shape index (κ3) is 2.68. The van der Waals surface area contributed by atoms with Crippen LogP contribution in [-0.2, 0) is 10.3 Å². The summed E-state index contributed by atoms with van der Waals surface area (Å²) in [5.41, 5.74) is -2.58. The van der Waals surface area contributed by atoms with Gasteiger partial charge in [-0.3, -0.25) is 4.79 Å². The SMILES string of the molecule is Cc1cc(O)c2c(c1)[C@](O)([C@@H]1O[C@H](CO)[C@@H](O)[C@@H](O)[C@@H]1O)c1cccc(O)c1C2=O. The molecule has 1 fully saturated rings. The molecular weight excluding hydrogens is 396 g/mol. The van der Waals surface area contributed by atoms with Gasteiger partial charge in [-0.15, -0.1) is 0 Å². The lowest BCUT2D eigenvalue weighted by atomic mass is 9.68. The van der Waals surface area contributed by atoms with E-state index in [0.29, 0.717) is 5.56 Å². The predicted octanol–water partition coefficient (Wildman–Crippen LogP) is -0.971. The second-order valence-corrected chi connectivity index (χ2v) is 7.75. The monoisotopic (exact) mass is 418 g/mol. The van der Waals surface area contributed by atoms with Crippen molar-refractivity contribution in [2.75, 3.05) is 6.61 Å². The van der Waals surface area contributed by atoms with Gasteiger partial charge in [-0.2, -0.15) is 0 Å². The smallest absolute Gasteiger partial charge is 0.201 e. The van der Waals surface area contributed by atoms with Crippen LogP contribution in [0.1, 0.15) is 32.6 Å². The molecule has 1 aliphatic carbocycles. The van der Waals surface area contributed by atoms with Crippen LogP contribution in [0.4, 0.5) is 0 Å². The molecule has 0 unspecified atom stereocenters. The fourth-order valence-corrected chi connectivity index (χ4v) is 4.43. The number of hydrogen-bond acceptors (Lipinski definition) is 9. The summed E-state index contributed by atoms with van der Waals surface area (Å²) >= 11 is 0. The molecule has 160 valence electrons. The molecule has 2 aliphatic rings. The normalized spacial score (nSPS) is 33.1. The van der Waals surface area contributed by atoms with Gasteiger partial charge in [0.1, 0.15) is 47.6 Å². The standard InChI is InChI=1S/C21H22O9/c1-8-5-10-15(12(24)6-8)17(26)14-9(3-2-4-11(14)23)21(10,29)20-19(28)18(27)16(25)13(7-22)30-20/h2-6,13,16,18-20,22-25,27-29H,7H2,1H3/t13-,16-,18-,19+,20-,21+/m1/s1. The predicted molar refractivity (Wildman–Crippen MR) is 101 cm³/mol. The Kier molecular flexibility index (Phi) is 4.85. The molecule has 0 radical (unpaired) electrons. The van der Waals surface area contributed by atoms with E-state index in [1.807, 2.05) is 0 Å². The van der Waals surface area contributed by atoms with E-state index >= 15 is 0 Å². The molecule has 0 spiro atoms. The molecule has 9 heteroatoms. The molecule has 2 aromatic carbocycles. The Morgan fingerprint density at radius 3 is 2.30 bits per heavy atom. The van der Waals surface area contributed by atoms with Crippen LogP contribution >= 0.6 is 0 Å². The number of carbonyl (C=O) groups excluding carboxylic acids is 1. The minimum atomic E-state index is -2.31. The number of aliphatic hydroxyl groups excluding tert-OH is 4. The van der Waals surface area contributed by atoms with Crippen molar-refractivity contribution in [1.29, 1.82) is 0 Å². The van der Waals surface area contributed by atoms with Gasteiger partial charge in [0, 0.05) is 11.1 Å². The van der Waals surface area contributed by atoms with Crippen LogP contribution in [0.25, 0.3) is 0 Å². The summed E-state index contributed by atoms with van der Waals surface area (Å²) in [4.78, 5) is 13.1. The van der Waals surface area contributed by atoms with E-state index < -0.39 is 60.0 Å².